The largest absolute Gasteiger partial charge is 0.397 e. The first-order valence-electron chi connectivity index (χ1n) is 5.07. The van der Waals surface area contributed by atoms with Crippen molar-refractivity contribution in [3.8, 4) is 11.1 Å². The molecular formula is C13H11N3O. The Morgan fingerprint density at radius 1 is 1.06 bits per heavy atom. The lowest BCUT2D eigenvalue weighted by atomic mass is 10.0. The summed E-state index contributed by atoms with van der Waals surface area (Å²) in [6.45, 7) is 0. The third kappa shape index (κ3) is 2.20. The van der Waals surface area contributed by atoms with Gasteiger partial charge < -0.3 is 5.73 Å². The van der Waals surface area contributed by atoms with Crippen LogP contribution in [0.2, 0.25) is 0 Å². The fourth-order valence-corrected chi connectivity index (χ4v) is 1.59. The van der Waals surface area contributed by atoms with Gasteiger partial charge in [-0.3, -0.25) is 4.79 Å². The first-order chi connectivity index (χ1) is 8.24. The number of hydrogen-bond acceptors (Lipinski definition) is 4. The number of nitrogens with zero attached hydrogens (tertiary/aromatic N) is 1. The van der Waals surface area contributed by atoms with Crippen LogP contribution in [-0.2, 0) is 0 Å². The zero-order valence-electron chi connectivity index (χ0n) is 9.05. The number of carbonyl (C=O) groups is 1. The van der Waals surface area contributed by atoms with E-state index in [2.05, 4.69) is 5.11 Å². The number of nitrogens with one attached hydrogen (secondary N) is 1. The first kappa shape index (κ1) is 11.0. The van der Waals surface area contributed by atoms with Crippen molar-refractivity contribution in [2.24, 2.45) is 5.11 Å². The van der Waals surface area contributed by atoms with E-state index in [4.69, 9.17) is 11.3 Å². The quantitative estimate of drug-likeness (QED) is 0.477. The highest BCUT2D eigenvalue weighted by molar-refractivity contribution is 5.78. The van der Waals surface area contributed by atoms with E-state index in [9.17, 15) is 4.79 Å². The molecule has 0 aliphatic carbocycles. The molecule has 17 heavy (non-hydrogen) atoms. The number of anilines is 1. The van der Waals surface area contributed by atoms with Gasteiger partial charge >= 0.3 is 0 Å². The maximum atomic E-state index is 10.5. The van der Waals surface area contributed by atoms with Crippen LogP contribution >= 0.6 is 0 Å². The number of nitrogens with two attached hydrogens (primary N) is 1. The topological polar surface area (TPSA) is 79.3 Å². The highest BCUT2D eigenvalue weighted by atomic mass is 16.1. The van der Waals surface area contributed by atoms with Crippen LogP contribution in [0.1, 0.15) is 10.4 Å². The maximum Gasteiger partial charge on any atom is 0.150 e. The van der Waals surface area contributed by atoms with Gasteiger partial charge in [-0.2, -0.15) is 5.11 Å². The van der Waals surface area contributed by atoms with Gasteiger partial charge in [0.25, 0.3) is 0 Å². The van der Waals surface area contributed by atoms with Gasteiger partial charge in [0.15, 0.2) is 0 Å². The van der Waals surface area contributed by atoms with Crippen molar-refractivity contribution in [1.29, 1.82) is 5.53 Å². The Labute approximate surface area is 98.6 Å². The van der Waals surface area contributed by atoms with Crippen LogP contribution in [0.5, 0.6) is 0 Å². The first-order valence-corrected chi connectivity index (χ1v) is 5.07. The summed E-state index contributed by atoms with van der Waals surface area (Å²) in [5.74, 6) is 0. The van der Waals surface area contributed by atoms with Crippen molar-refractivity contribution in [3.05, 3.63) is 48.0 Å². The highest BCUT2D eigenvalue weighted by Crippen LogP contribution is 2.28. The van der Waals surface area contributed by atoms with Gasteiger partial charge in [0, 0.05) is 5.56 Å². The van der Waals surface area contributed by atoms with Gasteiger partial charge in [-0.05, 0) is 23.3 Å². The van der Waals surface area contributed by atoms with Crippen LogP contribution in [0.15, 0.2) is 47.6 Å². The molecule has 0 unspecified atom stereocenters. The van der Waals surface area contributed by atoms with E-state index in [0.717, 1.165) is 17.4 Å². The second-order valence-electron chi connectivity index (χ2n) is 3.63. The van der Waals surface area contributed by atoms with Crippen molar-refractivity contribution in [2.75, 3.05) is 5.73 Å². The standard InChI is InChI=1S/C13H11N3O/c14-12-7-11(5-6-13(12)16-15)10-3-1-9(8-17)2-4-10/h1-8,15H,14H2. The summed E-state index contributed by atoms with van der Waals surface area (Å²) in [4.78, 5) is 10.5. The lowest BCUT2D eigenvalue weighted by molar-refractivity contribution is 0.112. The van der Waals surface area contributed by atoms with Gasteiger partial charge in [-0.1, -0.05) is 30.3 Å². The predicted molar refractivity (Wildman–Crippen MR) is 66.5 cm³/mol. The molecular weight excluding hydrogens is 214 g/mol. The van der Waals surface area contributed by atoms with Crippen molar-refractivity contribution < 1.29 is 4.79 Å². The van der Waals surface area contributed by atoms with Crippen molar-refractivity contribution in [2.45, 2.75) is 0 Å². The molecule has 0 bridgehead atoms. The average Bonchev–Trinajstić information content (AvgIpc) is 2.39. The van der Waals surface area contributed by atoms with E-state index in [1.165, 1.54) is 0 Å². The number of hydrogen-bond donors (Lipinski definition) is 2. The Kier molecular flexibility index (Phi) is 2.96. The Bertz CT molecular complexity index is 561. The third-order valence-corrected chi connectivity index (χ3v) is 2.53. The lowest BCUT2D eigenvalue weighted by Crippen LogP contribution is -1.87. The highest BCUT2D eigenvalue weighted by Gasteiger charge is 2.02. The molecule has 0 saturated carbocycles. The second-order valence-corrected chi connectivity index (χ2v) is 3.63. The van der Waals surface area contributed by atoms with E-state index >= 15 is 0 Å². The van der Waals surface area contributed by atoms with E-state index < -0.39 is 0 Å². The molecule has 0 aliphatic heterocycles. The molecule has 0 saturated heterocycles. The van der Waals surface area contributed by atoms with E-state index in [1.807, 2.05) is 18.2 Å². The lowest BCUT2D eigenvalue weighted by Gasteiger charge is -2.04. The molecule has 2 rings (SSSR count). The smallest absolute Gasteiger partial charge is 0.150 e. The van der Waals surface area contributed by atoms with E-state index in [-0.39, 0.29) is 0 Å². The number of benzene rings is 2. The van der Waals surface area contributed by atoms with Crippen molar-refractivity contribution in [1.82, 2.24) is 0 Å². The molecule has 0 atom stereocenters. The minimum Gasteiger partial charge on any atom is -0.397 e. The number of nitrogen functional groups attached to an aromatic ring is 1. The van der Waals surface area contributed by atoms with Crippen LogP contribution in [0.3, 0.4) is 0 Å². The summed E-state index contributed by atoms with van der Waals surface area (Å²) in [5, 5.41) is 3.31. The summed E-state index contributed by atoms with van der Waals surface area (Å²) < 4.78 is 0. The SMILES string of the molecule is N=Nc1ccc(-c2ccc(C=O)cc2)cc1N. The average molecular weight is 225 g/mol. The molecule has 84 valence electrons. The van der Waals surface area contributed by atoms with Gasteiger partial charge in [0.05, 0.1) is 5.69 Å². The maximum absolute atomic E-state index is 10.5. The minimum absolute atomic E-state index is 0.457. The van der Waals surface area contributed by atoms with Crippen LogP contribution in [0, 0.1) is 5.53 Å². The normalized spacial score (nSPS) is 9.88. The molecule has 0 aromatic heterocycles. The monoisotopic (exact) mass is 225 g/mol. The van der Waals surface area contributed by atoms with Crippen molar-refractivity contribution in [3.63, 3.8) is 0 Å². The summed E-state index contributed by atoms with van der Waals surface area (Å²) in [6, 6.07) is 12.5. The molecule has 0 amide bonds. The Hall–Kier alpha value is -2.49. The van der Waals surface area contributed by atoms with Crippen LogP contribution in [0.4, 0.5) is 11.4 Å². The molecule has 4 nitrogen and oxygen atoms in total. The second kappa shape index (κ2) is 4.57. The minimum atomic E-state index is 0.457. The molecule has 0 fully saturated rings. The third-order valence-electron chi connectivity index (χ3n) is 2.53. The Balaban J connectivity index is 2.42. The molecule has 0 aliphatic rings. The summed E-state index contributed by atoms with van der Waals surface area (Å²) >= 11 is 0. The molecule has 2 aromatic carbocycles. The van der Waals surface area contributed by atoms with E-state index in [0.29, 0.717) is 16.9 Å². The van der Waals surface area contributed by atoms with Crippen molar-refractivity contribution >= 4 is 17.7 Å². The fourth-order valence-electron chi connectivity index (χ4n) is 1.59. The summed E-state index contributed by atoms with van der Waals surface area (Å²) in [5.41, 5.74) is 16.1. The van der Waals surface area contributed by atoms with Gasteiger partial charge in [0.2, 0.25) is 0 Å². The molecule has 2 aromatic rings. The van der Waals surface area contributed by atoms with Crippen LogP contribution in [0.25, 0.3) is 11.1 Å². The number of rotatable bonds is 3. The predicted octanol–water partition coefficient (Wildman–Crippen LogP) is 3.41. The zero-order valence-corrected chi connectivity index (χ0v) is 9.05. The van der Waals surface area contributed by atoms with Gasteiger partial charge in [-0.25, -0.2) is 5.53 Å². The van der Waals surface area contributed by atoms with E-state index in [1.54, 1.807) is 24.3 Å². The molecule has 0 radical (unpaired) electrons. The zero-order chi connectivity index (χ0) is 12.3. The van der Waals surface area contributed by atoms with Crippen LogP contribution < -0.4 is 5.73 Å². The number of carbonyl (C=O) groups excluding carboxylic acids is 1. The molecule has 4 heteroatoms. The fraction of sp³-hybridized carbons (Fsp3) is 0. The Morgan fingerprint density at radius 2 is 1.71 bits per heavy atom. The number of aldehydes is 1. The van der Waals surface area contributed by atoms with Crippen LogP contribution in [-0.4, -0.2) is 6.29 Å². The van der Waals surface area contributed by atoms with Gasteiger partial charge in [0.1, 0.15) is 12.0 Å². The molecule has 0 heterocycles. The molecule has 3 N–H and O–H groups in total. The Morgan fingerprint density at radius 3 is 2.24 bits per heavy atom. The summed E-state index contributed by atoms with van der Waals surface area (Å²) in [7, 11) is 0. The molecule has 0 spiro atoms. The van der Waals surface area contributed by atoms with Gasteiger partial charge in [-0.15, -0.1) is 0 Å². The summed E-state index contributed by atoms with van der Waals surface area (Å²) in [6.07, 6.45) is 0.806.